The molecule has 3 heteroatoms. The smallest absolute Gasteiger partial charge is 0.307 e. The van der Waals surface area contributed by atoms with Crippen LogP contribution >= 0.6 is 0 Å². The number of carboxylic acid groups (broad SMARTS) is 1. The molecule has 1 N–H and O–H groups in total. The Morgan fingerprint density at radius 1 is 1.05 bits per heavy atom. The van der Waals surface area contributed by atoms with Crippen molar-refractivity contribution in [2.75, 3.05) is 0 Å². The molecule has 0 saturated carbocycles. The van der Waals surface area contributed by atoms with E-state index in [9.17, 15) is 4.79 Å². The van der Waals surface area contributed by atoms with Crippen molar-refractivity contribution in [1.82, 2.24) is 4.98 Å². The molecule has 3 nitrogen and oxygen atoms in total. The Morgan fingerprint density at radius 3 is 2.10 bits per heavy atom. The summed E-state index contributed by atoms with van der Waals surface area (Å²) in [5, 5.41) is 11.3. The second-order valence-corrected chi connectivity index (χ2v) is 5.40. The van der Waals surface area contributed by atoms with Gasteiger partial charge in [0.1, 0.15) is 0 Å². The summed E-state index contributed by atoms with van der Waals surface area (Å²) in [6.07, 6.45) is 2.61. The monoisotopic (exact) mass is 271 g/mol. The van der Waals surface area contributed by atoms with Gasteiger partial charge in [-0.3, -0.25) is 9.78 Å². The molecule has 0 amide bonds. The Hall–Kier alpha value is -1.90. The van der Waals surface area contributed by atoms with Gasteiger partial charge in [0.25, 0.3) is 0 Å². The van der Waals surface area contributed by atoms with Gasteiger partial charge < -0.3 is 5.11 Å². The molecule has 2 rings (SSSR count). The van der Waals surface area contributed by atoms with E-state index in [-0.39, 0.29) is 6.42 Å². The third-order valence-corrected chi connectivity index (χ3v) is 4.35. The van der Waals surface area contributed by atoms with Crippen LogP contribution in [0.5, 0.6) is 0 Å². The van der Waals surface area contributed by atoms with Gasteiger partial charge in [0.05, 0.1) is 6.42 Å². The summed E-state index contributed by atoms with van der Waals surface area (Å²) in [5.41, 5.74) is 6.79. The van der Waals surface area contributed by atoms with Crippen molar-refractivity contribution < 1.29 is 9.90 Å². The first-order valence-electron chi connectivity index (χ1n) is 6.97. The van der Waals surface area contributed by atoms with Crippen LogP contribution in [-0.4, -0.2) is 16.1 Å². The molecule has 0 unspecified atom stereocenters. The number of fused-ring (bicyclic) bond motifs is 1. The fourth-order valence-corrected chi connectivity index (χ4v) is 2.92. The highest BCUT2D eigenvalue weighted by atomic mass is 16.4. The Labute approximate surface area is 119 Å². The summed E-state index contributed by atoms with van der Waals surface area (Å²) in [5.74, 6) is -0.812. The molecule has 106 valence electrons. The van der Waals surface area contributed by atoms with E-state index in [1.54, 1.807) is 6.20 Å². The maximum Gasteiger partial charge on any atom is 0.307 e. The number of aliphatic carboxylic acids is 1. The van der Waals surface area contributed by atoms with E-state index < -0.39 is 5.97 Å². The molecule has 0 fully saturated rings. The van der Waals surface area contributed by atoms with Crippen molar-refractivity contribution in [3.63, 3.8) is 0 Å². The van der Waals surface area contributed by atoms with Crippen LogP contribution < -0.4 is 0 Å². The minimum Gasteiger partial charge on any atom is -0.481 e. The number of nitrogens with zero attached hydrogens (tertiary/aromatic N) is 1. The van der Waals surface area contributed by atoms with Gasteiger partial charge in [-0.1, -0.05) is 6.92 Å². The lowest BCUT2D eigenvalue weighted by Gasteiger charge is -2.18. The predicted octanol–water partition coefficient (Wildman–Crippen LogP) is 3.66. The van der Waals surface area contributed by atoms with Gasteiger partial charge in [0.2, 0.25) is 0 Å². The van der Waals surface area contributed by atoms with Crippen LogP contribution in [0.25, 0.3) is 10.8 Å². The molecular formula is C17H21NO2. The predicted molar refractivity (Wildman–Crippen MR) is 81.4 cm³/mol. The largest absolute Gasteiger partial charge is 0.481 e. The van der Waals surface area contributed by atoms with Gasteiger partial charge in [-0.15, -0.1) is 0 Å². The van der Waals surface area contributed by atoms with Crippen molar-refractivity contribution in [2.24, 2.45) is 0 Å². The second-order valence-electron chi connectivity index (χ2n) is 5.40. The van der Waals surface area contributed by atoms with Crippen LogP contribution in [0, 0.1) is 27.7 Å². The van der Waals surface area contributed by atoms with Crippen LogP contribution in [0.4, 0.5) is 0 Å². The van der Waals surface area contributed by atoms with Crippen LogP contribution in [0.1, 0.15) is 40.4 Å². The third kappa shape index (κ3) is 2.17. The number of rotatable bonds is 3. The fraction of sp³-hybridized carbons (Fsp3) is 0.412. The Bertz CT molecular complexity index is 702. The topological polar surface area (TPSA) is 50.2 Å². The molecule has 1 heterocycles. The maximum atomic E-state index is 11.1. The number of aromatic nitrogens is 1. The van der Waals surface area contributed by atoms with Gasteiger partial charge >= 0.3 is 5.97 Å². The molecule has 0 aliphatic heterocycles. The Balaban J connectivity index is 2.97. The Kier molecular flexibility index (Phi) is 3.80. The van der Waals surface area contributed by atoms with Gasteiger partial charge in [-0.25, -0.2) is 0 Å². The number of aryl methyl sites for hydroxylation is 3. The molecule has 20 heavy (non-hydrogen) atoms. The number of hydrogen-bond acceptors (Lipinski definition) is 2. The molecule has 0 aliphatic carbocycles. The van der Waals surface area contributed by atoms with Crippen molar-refractivity contribution >= 4 is 16.7 Å². The molecule has 0 radical (unpaired) electrons. The average molecular weight is 271 g/mol. The number of carboxylic acids is 1. The summed E-state index contributed by atoms with van der Waals surface area (Å²) in [7, 11) is 0. The standard InChI is InChI=1S/C17H21NO2/c1-6-14-17-12(5)10(3)9(2)11(4)16(17)13(8-18-14)7-15(19)20/h8H,6-7H2,1-5H3,(H,19,20). The van der Waals surface area contributed by atoms with E-state index in [1.807, 2.05) is 0 Å². The number of pyridine rings is 1. The first kappa shape index (κ1) is 14.5. The highest BCUT2D eigenvalue weighted by Crippen LogP contribution is 2.33. The van der Waals surface area contributed by atoms with E-state index in [2.05, 4.69) is 39.6 Å². The summed E-state index contributed by atoms with van der Waals surface area (Å²) in [4.78, 5) is 15.6. The summed E-state index contributed by atoms with van der Waals surface area (Å²) < 4.78 is 0. The Morgan fingerprint density at radius 2 is 1.60 bits per heavy atom. The van der Waals surface area contributed by atoms with Crippen molar-refractivity contribution in [1.29, 1.82) is 0 Å². The first-order chi connectivity index (χ1) is 9.38. The quantitative estimate of drug-likeness (QED) is 0.926. The molecule has 0 aliphatic rings. The molecule has 0 spiro atoms. The molecule has 1 aromatic carbocycles. The number of carbonyl (C=O) groups is 1. The lowest BCUT2D eigenvalue weighted by Crippen LogP contribution is -2.06. The fourth-order valence-electron chi connectivity index (χ4n) is 2.92. The molecule has 2 aromatic rings. The second kappa shape index (κ2) is 5.23. The summed E-state index contributed by atoms with van der Waals surface area (Å²) in [6.45, 7) is 10.5. The van der Waals surface area contributed by atoms with Crippen molar-refractivity contribution in [3.8, 4) is 0 Å². The average Bonchev–Trinajstić information content (AvgIpc) is 2.41. The number of hydrogen-bond donors (Lipinski definition) is 1. The first-order valence-corrected chi connectivity index (χ1v) is 6.97. The minimum atomic E-state index is -0.812. The zero-order valence-corrected chi connectivity index (χ0v) is 12.8. The normalized spacial score (nSPS) is 11.1. The van der Waals surface area contributed by atoms with E-state index >= 15 is 0 Å². The van der Waals surface area contributed by atoms with Crippen LogP contribution in [0.15, 0.2) is 6.20 Å². The lowest BCUT2D eigenvalue weighted by molar-refractivity contribution is -0.136. The lowest BCUT2D eigenvalue weighted by atomic mass is 9.88. The minimum absolute atomic E-state index is 0.0241. The van der Waals surface area contributed by atoms with Gasteiger partial charge in [0.15, 0.2) is 0 Å². The van der Waals surface area contributed by atoms with Crippen molar-refractivity contribution in [2.45, 2.75) is 47.5 Å². The summed E-state index contributed by atoms with van der Waals surface area (Å²) in [6, 6.07) is 0. The van der Waals surface area contributed by atoms with E-state index in [0.29, 0.717) is 0 Å². The third-order valence-electron chi connectivity index (χ3n) is 4.35. The van der Waals surface area contributed by atoms with Gasteiger partial charge in [-0.2, -0.15) is 0 Å². The molecule has 0 bridgehead atoms. The van der Waals surface area contributed by atoms with E-state index in [4.69, 9.17) is 5.11 Å². The van der Waals surface area contributed by atoms with Crippen molar-refractivity contribution in [3.05, 3.63) is 39.7 Å². The maximum absolute atomic E-state index is 11.1. The molecule has 0 atom stereocenters. The highest BCUT2D eigenvalue weighted by Gasteiger charge is 2.17. The molecular weight excluding hydrogens is 250 g/mol. The van der Waals surface area contributed by atoms with E-state index in [1.165, 1.54) is 22.3 Å². The summed E-state index contributed by atoms with van der Waals surface area (Å²) >= 11 is 0. The molecule has 1 aromatic heterocycles. The highest BCUT2D eigenvalue weighted by molar-refractivity contribution is 5.96. The zero-order chi connectivity index (χ0) is 15.0. The van der Waals surface area contributed by atoms with Crippen LogP contribution in [0.2, 0.25) is 0 Å². The van der Waals surface area contributed by atoms with Crippen LogP contribution in [0.3, 0.4) is 0 Å². The van der Waals surface area contributed by atoms with Crippen LogP contribution in [-0.2, 0) is 17.6 Å². The number of benzene rings is 1. The molecule has 0 saturated heterocycles. The van der Waals surface area contributed by atoms with Gasteiger partial charge in [-0.05, 0) is 67.3 Å². The SMILES string of the molecule is CCc1ncc(CC(=O)O)c2c(C)c(C)c(C)c(C)c12. The zero-order valence-electron chi connectivity index (χ0n) is 12.8. The van der Waals surface area contributed by atoms with E-state index in [0.717, 1.165) is 28.5 Å². The van der Waals surface area contributed by atoms with Gasteiger partial charge in [0, 0.05) is 17.3 Å².